The molecule has 2 unspecified atom stereocenters. The van der Waals surface area contributed by atoms with Gasteiger partial charge < -0.3 is 25.8 Å². The van der Waals surface area contributed by atoms with Crippen molar-refractivity contribution in [3.05, 3.63) is 24.3 Å². The molecule has 0 aromatic heterocycles. The standard InChI is InChI=1S/C28H35F3N6O4/c1-26(2,3)21(35-25(41)28(29,30)31)24(40)37-13-15-19(27(15,4)5)20(37)23(39)33-14(12-32)11-18-22(38)34-16-9-7-8-10-17(16)36(18)6/h7-10,14-15,18-21H,11,13H2,1-6H3,(H,33,39)(H,34,38)(H,35,41)/t14?,15-,18?,19-,20-,21+/m0/s1. The molecule has 4 rings (SSSR count). The van der Waals surface area contributed by atoms with E-state index in [0.29, 0.717) is 5.69 Å². The molecule has 10 nitrogen and oxygen atoms in total. The molecule has 1 aromatic rings. The number of benzene rings is 1. The van der Waals surface area contributed by atoms with E-state index < -0.39 is 53.5 Å². The van der Waals surface area contributed by atoms with Crippen molar-refractivity contribution in [2.45, 2.75) is 71.4 Å². The molecule has 0 bridgehead atoms. The van der Waals surface area contributed by atoms with Crippen molar-refractivity contribution in [2.75, 3.05) is 23.8 Å². The second-order valence-electron chi connectivity index (χ2n) is 12.7. The Morgan fingerprint density at radius 2 is 1.80 bits per heavy atom. The molecule has 1 aromatic carbocycles. The number of nitriles is 1. The van der Waals surface area contributed by atoms with E-state index in [0.717, 1.165) is 5.69 Å². The summed E-state index contributed by atoms with van der Waals surface area (Å²) in [5.74, 6) is -4.36. The summed E-state index contributed by atoms with van der Waals surface area (Å²) < 4.78 is 39.2. The summed E-state index contributed by atoms with van der Waals surface area (Å²) in [7, 11) is 1.72. The fraction of sp³-hybridized carbons (Fsp3) is 0.607. The van der Waals surface area contributed by atoms with Crippen LogP contribution in [-0.4, -0.2) is 72.5 Å². The van der Waals surface area contributed by atoms with Gasteiger partial charge in [-0.15, -0.1) is 0 Å². The largest absolute Gasteiger partial charge is 0.471 e. The van der Waals surface area contributed by atoms with Crippen molar-refractivity contribution in [2.24, 2.45) is 22.7 Å². The zero-order valence-electron chi connectivity index (χ0n) is 23.8. The number of halogens is 3. The molecular weight excluding hydrogens is 541 g/mol. The van der Waals surface area contributed by atoms with Gasteiger partial charge in [0, 0.05) is 20.0 Å². The molecule has 3 aliphatic rings. The highest BCUT2D eigenvalue weighted by Crippen LogP contribution is 2.65. The second-order valence-corrected chi connectivity index (χ2v) is 12.7. The Kier molecular flexibility index (Phi) is 7.52. The SMILES string of the molecule is CN1c2ccccc2NC(=O)C1CC(C#N)NC(=O)[C@@H]1[C@@H]2[C@H](CN1C(=O)[C@@H](NC(=O)C(F)(F)F)C(C)(C)C)C2(C)C. The number of rotatable bonds is 6. The van der Waals surface area contributed by atoms with Gasteiger partial charge in [0.1, 0.15) is 24.2 Å². The maximum Gasteiger partial charge on any atom is 0.471 e. The Bertz CT molecular complexity index is 1300. The number of likely N-dealkylation sites (tertiary alicyclic amines) is 1. The van der Waals surface area contributed by atoms with Gasteiger partial charge in [-0.3, -0.25) is 19.2 Å². The van der Waals surface area contributed by atoms with Crippen LogP contribution in [0.15, 0.2) is 24.3 Å². The lowest BCUT2D eigenvalue weighted by molar-refractivity contribution is -0.176. The van der Waals surface area contributed by atoms with E-state index in [1.54, 1.807) is 24.1 Å². The van der Waals surface area contributed by atoms with E-state index in [4.69, 9.17) is 0 Å². The minimum Gasteiger partial charge on any atom is -0.361 e. The zero-order valence-corrected chi connectivity index (χ0v) is 23.8. The molecule has 41 heavy (non-hydrogen) atoms. The smallest absolute Gasteiger partial charge is 0.361 e. The van der Waals surface area contributed by atoms with E-state index in [1.807, 2.05) is 37.4 Å². The number of amides is 4. The first-order chi connectivity index (χ1) is 18.9. The minimum atomic E-state index is -5.19. The molecule has 6 atom stereocenters. The normalized spacial score (nSPS) is 26.1. The Balaban J connectivity index is 1.54. The molecule has 1 aliphatic carbocycles. The molecule has 4 amide bonds. The van der Waals surface area contributed by atoms with E-state index in [1.165, 1.54) is 25.7 Å². The van der Waals surface area contributed by atoms with E-state index >= 15 is 0 Å². The van der Waals surface area contributed by atoms with Crippen molar-refractivity contribution in [3.8, 4) is 6.07 Å². The first kappa shape index (κ1) is 30.1. The van der Waals surface area contributed by atoms with Crippen LogP contribution in [0.2, 0.25) is 0 Å². The molecule has 0 radical (unpaired) electrons. The number of hydrogen-bond acceptors (Lipinski definition) is 6. The molecule has 1 saturated carbocycles. The molecule has 2 fully saturated rings. The summed E-state index contributed by atoms with van der Waals surface area (Å²) in [5.41, 5.74) is -0.0157. The summed E-state index contributed by atoms with van der Waals surface area (Å²) in [4.78, 5) is 54.9. The quantitative estimate of drug-likeness (QED) is 0.476. The number of fused-ring (bicyclic) bond motifs is 2. The number of alkyl halides is 3. The lowest BCUT2D eigenvalue weighted by atomic mass is 9.85. The van der Waals surface area contributed by atoms with Crippen LogP contribution in [0.3, 0.4) is 0 Å². The average molecular weight is 577 g/mol. The number of nitrogens with zero attached hydrogens (tertiary/aromatic N) is 3. The van der Waals surface area contributed by atoms with Gasteiger partial charge in [0.05, 0.1) is 17.4 Å². The van der Waals surface area contributed by atoms with E-state index in [9.17, 15) is 37.6 Å². The highest BCUT2D eigenvalue weighted by atomic mass is 19.4. The Labute approximate surface area is 236 Å². The fourth-order valence-electron chi connectivity index (χ4n) is 6.18. The zero-order chi connectivity index (χ0) is 30.7. The second kappa shape index (κ2) is 10.2. The maximum absolute atomic E-state index is 13.7. The third-order valence-electron chi connectivity index (χ3n) is 8.65. The summed E-state index contributed by atoms with van der Waals surface area (Å²) in [5, 5.41) is 17.2. The summed E-state index contributed by atoms with van der Waals surface area (Å²) in [6.45, 7) is 8.59. The summed E-state index contributed by atoms with van der Waals surface area (Å²) in [6, 6.07) is 4.76. The monoisotopic (exact) mass is 576 g/mol. The van der Waals surface area contributed by atoms with Gasteiger partial charge in [-0.1, -0.05) is 46.8 Å². The lowest BCUT2D eigenvalue weighted by Gasteiger charge is -2.38. The van der Waals surface area contributed by atoms with Gasteiger partial charge in [0.2, 0.25) is 17.7 Å². The number of nitrogens with one attached hydrogen (secondary N) is 3. The van der Waals surface area contributed by atoms with Crippen molar-refractivity contribution in [1.82, 2.24) is 15.5 Å². The Morgan fingerprint density at radius 3 is 2.39 bits per heavy atom. The predicted octanol–water partition coefficient (Wildman–Crippen LogP) is 2.42. The first-order valence-electron chi connectivity index (χ1n) is 13.4. The molecule has 0 spiro atoms. The number of likely N-dealkylation sites (N-methyl/N-ethyl adjacent to an activating group) is 1. The lowest BCUT2D eigenvalue weighted by Crippen LogP contribution is -2.61. The molecule has 3 N–H and O–H groups in total. The number of hydrogen-bond donors (Lipinski definition) is 3. The van der Waals surface area contributed by atoms with Crippen LogP contribution >= 0.6 is 0 Å². The van der Waals surface area contributed by atoms with Gasteiger partial charge in [-0.2, -0.15) is 18.4 Å². The van der Waals surface area contributed by atoms with Crippen LogP contribution in [0.25, 0.3) is 0 Å². The number of para-hydroxylation sites is 2. The number of piperidine rings is 1. The number of carbonyl (C=O) groups excluding carboxylic acids is 4. The number of anilines is 2. The summed E-state index contributed by atoms with van der Waals surface area (Å²) in [6.07, 6.45) is -5.22. The fourth-order valence-corrected chi connectivity index (χ4v) is 6.18. The topological polar surface area (TPSA) is 135 Å². The van der Waals surface area contributed by atoms with Crippen LogP contribution in [-0.2, 0) is 19.2 Å². The summed E-state index contributed by atoms with van der Waals surface area (Å²) >= 11 is 0. The van der Waals surface area contributed by atoms with Crippen LogP contribution in [0.4, 0.5) is 24.5 Å². The molecular formula is C28H35F3N6O4. The van der Waals surface area contributed by atoms with Gasteiger partial charge in [0.25, 0.3) is 0 Å². The van der Waals surface area contributed by atoms with Gasteiger partial charge in [-0.25, -0.2) is 0 Å². The van der Waals surface area contributed by atoms with Gasteiger partial charge in [-0.05, 0) is 34.8 Å². The Hall–Kier alpha value is -3.82. The highest BCUT2D eigenvalue weighted by Gasteiger charge is 2.70. The minimum absolute atomic E-state index is 0.0384. The van der Waals surface area contributed by atoms with Gasteiger partial charge in [0.15, 0.2) is 0 Å². The highest BCUT2D eigenvalue weighted by molar-refractivity contribution is 6.03. The van der Waals surface area contributed by atoms with Crippen LogP contribution in [0.5, 0.6) is 0 Å². The number of carbonyl (C=O) groups is 4. The van der Waals surface area contributed by atoms with E-state index in [2.05, 4.69) is 10.6 Å². The van der Waals surface area contributed by atoms with Crippen molar-refractivity contribution in [1.29, 1.82) is 5.26 Å². The van der Waals surface area contributed by atoms with Crippen molar-refractivity contribution >= 4 is 35.0 Å². The Morgan fingerprint density at radius 1 is 1.17 bits per heavy atom. The average Bonchev–Trinajstić information content (AvgIpc) is 3.20. The molecule has 2 heterocycles. The van der Waals surface area contributed by atoms with Crippen LogP contribution in [0, 0.1) is 34.0 Å². The molecule has 2 aliphatic heterocycles. The predicted molar refractivity (Wildman–Crippen MR) is 143 cm³/mol. The van der Waals surface area contributed by atoms with Crippen molar-refractivity contribution < 1.29 is 32.3 Å². The van der Waals surface area contributed by atoms with Crippen LogP contribution < -0.4 is 20.9 Å². The van der Waals surface area contributed by atoms with Crippen molar-refractivity contribution in [3.63, 3.8) is 0 Å². The molecule has 13 heteroatoms. The third kappa shape index (κ3) is 5.56. The third-order valence-corrected chi connectivity index (χ3v) is 8.65. The van der Waals surface area contributed by atoms with E-state index in [-0.39, 0.29) is 36.1 Å². The van der Waals surface area contributed by atoms with Gasteiger partial charge >= 0.3 is 12.1 Å². The first-order valence-corrected chi connectivity index (χ1v) is 13.4. The van der Waals surface area contributed by atoms with Crippen LogP contribution in [0.1, 0.15) is 41.0 Å². The molecule has 222 valence electrons. The maximum atomic E-state index is 13.7. The molecule has 1 saturated heterocycles.